The molecule has 0 radical (unpaired) electrons. The number of nitrogens with one attached hydrogen (secondary N) is 1. The van der Waals surface area contributed by atoms with E-state index in [0.717, 1.165) is 17.8 Å². The first-order valence-electron chi connectivity index (χ1n) is 5.42. The molecule has 0 aliphatic heterocycles. The van der Waals surface area contributed by atoms with Crippen molar-refractivity contribution in [3.8, 4) is 0 Å². The molecule has 1 atom stereocenters. The average molecular weight is 207 g/mol. The maximum Gasteiger partial charge on any atom is 0.126 e. The molecule has 3 nitrogen and oxygen atoms in total. The number of nitrogens with zero attached hydrogens (tertiary/aromatic N) is 1. The molecule has 0 fully saturated rings. The number of hydrogen-bond acceptors (Lipinski definition) is 3. The SMILES string of the molecule is CCC(N)c1ccc(NC(C)(C)C)nc1. The van der Waals surface area contributed by atoms with Gasteiger partial charge in [0, 0.05) is 17.8 Å². The van der Waals surface area contributed by atoms with Crippen LogP contribution >= 0.6 is 0 Å². The van der Waals surface area contributed by atoms with Crippen molar-refractivity contribution in [3.05, 3.63) is 23.9 Å². The third kappa shape index (κ3) is 3.88. The van der Waals surface area contributed by atoms with Gasteiger partial charge in [0.1, 0.15) is 5.82 Å². The fourth-order valence-corrected chi connectivity index (χ4v) is 1.32. The van der Waals surface area contributed by atoms with Crippen LogP contribution in [0.3, 0.4) is 0 Å². The maximum atomic E-state index is 5.91. The van der Waals surface area contributed by atoms with E-state index in [-0.39, 0.29) is 11.6 Å². The van der Waals surface area contributed by atoms with Gasteiger partial charge >= 0.3 is 0 Å². The van der Waals surface area contributed by atoms with Crippen molar-refractivity contribution in [1.82, 2.24) is 4.98 Å². The Morgan fingerprint density at radius 3 is 2.47 bits per heavy atom. The Morgan fingerprint density at radius 1 is 1.40 bits per heavy atom. The van der Waals surface area contributed by atoms with E-state index in [1.165, 1.54) is 0 Å². The zero-order valence-electron chi connectivity index (χ0n) is 10.0. The topological polar surface area (TPSA) is 50.9 Å². The van der Waals surface area contributed by atoms with Crippen LogP contribution in [0.15, 0.2) is 18.3 Å². The molecule has 0 bridgehead atoms. The summed E-state index contributed by atoms with van der Waals surface area (Å²) in [5.74, 6) is 0.898. The first-order valence-corrected chi connectivity index (χ1v) is 5.42. The molecule has 0 aliphatic rings. The van der Waals surface area contributed by atoms with E-state index in [0.29, 0.717) is 0 Å². The molecule has 1 rings (SSSR count). The molecular formula is C12H21N3. The van der Waals surface area contributed by atoms with Gasteiger partial charge in [-0.3, -0.25) is 0 Å². The molecule has 15 heavy (non-hydrogen) atoms. The summed E-state index contributed by atoms with van der Waals surface area (Å²) < 4.78 is 0. The van der Waals surface area contributed by atoms with Crippen molar-refractivity contribution in [1.29, 1.82) is 0 Å². The summed E-state index contributed by atoms with van der Waals surface area (Å²) in [6, 6.07) is 4.12. The van der Waals surface area contributed by atoms with Gasteiger partial charge in [-0.25, -0.2) is 4.98 Å². The van der Waals surface area contributed by atoms with E-state index in [9.17, 15) is 0 Å². The highest BCUT2D eigenvalue weighted by molar-refractivity contribution is 5.38. The van der Waals surface area contributed by atoms with Crippen molar-refractivity contribution in [3.63, 3.8) is 0 Å². The lowest BCUT2D eigenvalue weighted by atomic mass is 10.1. The van der Waals surface area contributed by atoms with Crippen molar-refractivity contribution in [2.75, 3.05) is 5.32 Å². The van der Waals surface area contributed by atoms with E-state index in [4.69, 9.17) is 5.73 Å². The second kappa shape index (κ2) is 4.62. The largest absolute Gasteiger partial charge is 0.365 e. The Kier molecular flexibility index (Phi) is 3.69. The van der Waals surface area contributed by atoms with Gasteiger partial charge in [0.2, 0.25) is 0 Å². The number of anilines is 1. The Bertz CT molecular complexity index is 298. The molecule has 0 aromatic carbocycles. The third-order valence-corrected chi connectivity index (χ3v) is 2.16. The molecule has 0 saturated heterocycles. The van der Waals surface area contributed by atoms with Crippen LogP contribution in [0.4, 0.5) is 5.82 Å². The van der Waals surface area contributed by atoms with Gasteiger partial charge in [0.25, 0.3) is 0 Å². The van der Waals surface area contributed by atoms with Crippen molar-refractivity contribution < 1.29 is 0 Å². The van der Waals surface area contributed by atoms with E-state index < -0.39 is 0 Å². The minimum Gasteiger partial charge on any atom is -0.365 e. The molecule has 0 spiro atoms. The Labute approximate surface area is 92.1 Å². The molecule has 3 N–H and O–H groups in total. The van der Waals surface area contributed by atoms with Crippen molar-refractivity contribution >= 4 is 5.82 Å². The Morgan fingerprint density at radius 2 is 2.07 bits per heavy atom. The first kappa shape index (κ1) is 12.0. The molecular weight excluding hydrogens is 186 g/mol. The highest BCUT2D eigenvalue weighted by Gasteiger charge is 2.10. The van der Waals surface area contributed by atoms with Crippen LogP contribution in [-0.2, 0) is 0 Å². The molecule has 1 unspecified atom stereocenters. The van der Waals surface area contributed by atoms with Gasteiger partial charge in [0.05, 0.1) is 0 Å². The lowest BCUT2D eigenvalue weighted by Gasteiger charge is -2.21. The molecule has 1 aromatic heterocycles. The average Bonchev–Trinajstić information content (AvgIpc) is 2.15. The molecule has 3 heteroatoms. The van der Waals surface area contributed by atoms with Crippen LogP contribution in [0.1, 0.15) is 45.7 Å². The standard InChI is InChI=1S/C12H21N3/c1-5-10(13)9-6-7-11(14-8-9)15-12(2,3)4/h6-8,10H,5,13H2,1-4H3,(H,14,15). The van der Waals surface area contributed by atoms with Crippen LogP contribution < -0.4 is 11.1 Å². The van der Waals surface area contributed by atoms with Crippen LogP contribution in [-0.4, -0.2) is 10.5 Å². The molecule has 84 valence electrons. The van der Waals surface area contributed by atoms with Crippen LogP contribution in [0.5, 0.6) is 0 Å². The fourth-order valence-electron chi connectivity index (χ4n) is 1.32. The van der Waals surface area contributed by atoms with E-state index >= 15 is 0 Å². The summed E-state index contributed by atoms with van der Waals surface area (Å²) in [4.78, 5) is 4.34. The number of aromatic nitrogens is 1. The minimum absolute atomic E-state index is 0.0430. The number of rotatable bonds is 3. The third-order valence-electron chi connectivity index (χ3n) is 2.16. The number of nitrogens with two attached hydrogens (primary N) is 1. The molecule has 1 heterocycles. The van der Waals surface area contributed by atoms with Crippen LogP contribution in [0.25, 0.3) is 0 Å². The smallest absolute Gasteiger partial charge is 0.126 e. The Balaban J connectivity index is 2.72. The minimum atomic E-state index is 0.0430. The summed E-state index contributed by atoms with van der Waals surface area (Å²) in [5.41, 5.74) is 7.05. The fraction of sp³-hybridized carbons (Fsp3) is 0.583. The van der Waals surface area contributed by atoms with E-state index in [1.54, 1.807) is 0 Å². The maximum absolute atomic E-state index is 5.91. The van der Waals surface area contributed by atoms with Gasteiger partial charge in [-0.1, -0.05) is 13.0 Å². The van der Waals surface area contributed by atoms with Gasteiger partial charge in [-0.2, -0.15) is 0 Å². The zero-order chi connectivity index (χ0) is 11.5. The highest BCUT2D eigenvalue weighted by atomic mass is 15.0. The molecule has 0 saturated carbocycles. The van der Waals surface area contributed by atoms with Crippen LogP contribution in [0.2, 0.25) is 0 Å². The first-order chi connectivity index (χ1) is 6.92. The predicted octanol–water partition coefficient (Wildman–Crippen LogP) is 2.70. The summed E-state index contributed by atoms with van der Waals surface area (Å²) in [6.07, 6.45) is 2.79. The summed E-state index contributed by atoms with van der Waals surface area (Å²) in [7, 11) is 0. The van der Waals surface area contributed by atoms with E-state index in [2.05, 4.69) is 38.0 Å². The number of hydrogen-bond donors (Lipinski definition) is 2. The summed E-state index contributed by atoms with van der Waals surface area (Å²) >= 11 is 0. The van der Waals surface area contributed by atoms with Gasteiger partial charge in [-0.05, 0) is 38.8 Å². The summed E-state index contributed by atoms with van der Waals surface area (Å²) in [5, 5.41) is 3.31. The molecule has 0 aliphatic carbocycles. The predicted molar refractivity (Wildman–Crippen MR) is 64.8 cm³/mol. The van der Waals surface area contributed by atoms with Crippen molar-refractivity contribution in [2.45, 2.75) is 45.7 Å². The number of pyridine rings is 1. The van der Waals surface area contributed by atoms with Gasteiger partial charge < -0.3 is 11.1 Å². The lowest BCUT2D eigenvalue weighted by molar-refractivity contribution is 0.629. The second-order valence-electron chi connectivity index (χ2n) is 4.87. The normalized spacial score (nSPS) is 13.7. The molecule has 1 aromatic rings. The Hall–Kier alpha value is -1.09. The second-order valence-corrected chi connectivity index (χ2v) is 4.87. The van der Waals surface area contributed by atoms with E-state index in [1.807, 2.05) is 18.3 Å². The van der Waals surface area contributed by atoms with Gasteiger partial charge in [0.15, 0.2) is 0 Å². The van der Waals surface area contributed by atoms with Crippen molar-refractivity contribution in [2.24, 2.45) is 5.73 Å². The lowest BCUT2D eigenvalue weighted by Crippen LogP contribution is -2.26. The summed E-state index contributed by atoms with van der Waals surface area (Å²) in [6.45, 7) is 8.41. The quantitative estimate of drug-likeness (QED) is 0.801. The van der Waals surface area contributed by atoms with Gasteiger partial charge in [-0.15, -0.1) is 0 Å². The highest BCUT2D eigenvalue weighted by Crippen LogP contribution is 2.16. The monoisotopic (exact) mass is 207 g/mol. The molecule has 0 amide bonds. The van der Waals surface area contributed by atoms with Crippen LogP contribution in [0, 0.1) is 0 Å². The zero-order valence-corrected chi connectivity index (χ0v) is 10.0.